The summed E-state index contributed by atoms with van der Waals surface area (Å²) in [7, 11) is 1.79. The number of nitrogens with one attached hydrogen (secondary N) is 1. The Morgan fingerprint density at radius 3 is 2.57 bits per heavy atom. The molecule has 8 heteroatoms. The molecule has 3 rings (SSSR count). The minimum Gasteiger partial charge on any atom is -0.340 e. The third kappa shape index (κ3) is 2.97. The summed E-state index contributed by atoms with van der Waals surface area (Å²) in [6, 6.07) is 0. The summed E-state index contributed by atoms with van der Waals surface area (Å²) in [4.78, 5) is 24.4. The zero-order valence-electron chi connectivity index (χ0n) is 14.2. The average molecular weight is 336 g/mol. The molecule has 1 fully saturated rings. The molecule has 3 heterocycles. The Balaban J connectivity index is 2.16. The summed E-state index contributed by atoms with van der Waals surface area (Å²) in [5.41, 5.74) is 1.15. The maximum Gasteiger partial charge on any atom is 0.280 e. The quantitative estimate of drug-likeness (QED) is 0.665. The van der Waals surface area contributed by atoms with Crippen LogP contribution in [0.15, 0.2) is 9.95 Å². The van der Waals surface area contributed by atoms with E-state index in [1.165, 1.54) is 0 Å². The van der Waals surface area contributed by atoms with Crippen LogP contribution >= 0.6 is 11.8 Å². The first-order valence-electron chi connectivity index (χ1n) is 8.12. The standard InChI is InChI=1S/C15H24N6OS/c1-5-21-11-12(17-14(21)20-8-6-16-7-9-20)18-15(23-10(2)3)19(4)13(11)22/h10,16H,5-9H2,1-4H3. The number of rotatable bonds is 4. The zero-order valence-corrected chi connectivity index (χ0v) is 15.0. The molecular weight excluding hydrogens is 312 g/mol. The molecule has 0 bridgehead atoms. The molecule has 126 valence electrons. The van der Waals surface area contributed by atoms with Crippen molar-refractivity contribution in [1.82, 2.24) is 24.4 Å². The lowest BCUT2D eigenvalue weighted by atomic mass is 10.4. The summed E-state index contributed by atoms with van der Waals surface area (Å²) in [6.45, 7) is 10.6. The van der Waals surface area contributed by atoms with E-state index in [0.717, 1.165) is 37.3 Å². The molecule has 1 saturated heterocycles. The smallest absolute Gasteiger partial charge is 0.280 e. The SMILES string of the molecule is CCn1c(N2CCNCC2)nc2nc(SC(C)C)n(C)c(=O)c21. The van der Waals surface area contributed by atoms with Crippen molar-refractivity contribution < 1.29 is 0 Å². The number of anilines is 1. The van der Waals surface area contributed by atoms with Gasteiger partial charge in [-0.25, -0.2) is 4.98 Å². The molecule has 2 aromatic heterocycles. The van der Waals surface area contributed by atoms with Crippen LogP contribution in [0, 0.1) is 0 Å². The molecule has 1 aliphatic heterocycles. The predicted molar refractivity (Wildman–Crippen MR) is 94.5 cm³/mol. The van der Waals surface area contributed by atoms with E-state index in [2.05, 4.69) is 29.0 Å². The maximum absolute atomic E-state index is 12.8. The number of hydrogen-bond donors (Lipinski definition) is 1. The van der Waals surface area contributed by atoms with Crippen LogP contribution in [-0.2, 0) is 13.6 Å². The Bertz CT molecular complexity index is 759. The number of aromatic nitrogens is 4. The summed E-state index contributed by atoms with van der Waals surface area (Å²) in [5, 5.41) is 4.44. The van der Waals surface area contributed by atoms with E-state index in [9.17, 15) is 4.79 Å². The van der Waals surface area contributed by atoms with Gasteiger partial charge in [-0.2, -0.15) is 4.98 Å². The zero-order chi connectivity index (χ0) is 16.6. The fourth-order valence-electron chi connectivity index (χ4n) is 2.85. The van der Waals surface area contributed by atoms with E-state index in [1.807, 2.05) is 11.5 Å². The topological polar surface area (TPSA) is 68.0 Å². The highest BCUT2D eigenvalue weighted by Gasteiger charge is 2.22. The van der Waals surface area contributed by atoms with Gasteiger partial charge in [-0.15, -0.1) is 0 Å². The van der Waals surface area contributed by atoms with Crippen molar-refractivity contribution in [3.05, 3.63) is 10.4 Å². The van der Waals surface area contributed by atoms with Crippen LogP contribution in [0.5, 0.6) is 0 Å². The van der Waals surface area contributed by atoms with Gasteiger partial charge in [-0.1, -0.05) is 25.6 Å². The lowest BCUT2D eigenvalue weighted by Gasteiger charge is -2.28. The Kier molecular flexibility index (Phi) is 4.63. The third-order valence-electron chi connectivity index (χ3n) is 3.98. The van der Waals surface area contributed by atoms with Crippen molar-refractivity contribution in [2.45, 2.75) is 37.7 Å². The first-order chi connectivity index (χ1) is 11.0. The van der Waals surface area contributed by atoms with Crippen molar-refractivity contribution in [3.63, 3.8) is 0 Å². The van der Waals surface area contributed by atoms with Gasteiger partial charge in [0.25, 0.3) is 5.56 Å². The van der Waals surface area contributed by atoms with E-state index in [0.29, 0.717) is 23.0 Å². The number of aryl methyl sites for hydroxylation is 1. The maximum atomic E-state index is 12.8. The Morgan fingerprint density at radius 2 is 1.96 bits per heavy atom. The number of piperazine rings is 1. The number of fused-ring (bicyclic) bond motifs is 1. The summed E-state index contributed by atoms with van der Waals surface area (Å²) < 4.78 is 3.64. The summed E-state index contributed by atoms with van der Waals surface area (Å²) in [6.07, 6.45) is 0. The molecular formula is C15H24N6OS. The molecule has 0 aliphatic carbocycles. The second-order valence-corrected chi connectivity index (χ2v) is 7.53. The van der Waals surface area contributed by atoms with Crippen LogP contribution < -0.4 is 15.8 Å². The van der Waals surface area contributed by atoms with Crippen LogP contribution in [0.4, 0.5) is 5.95 Å². The molecule has 2 aromatic rings. The van der Waals surface area contributed by atoms with Gasteiger partial charge in [-0.3, -0.25) is 9.36 Å². The number of thioether (sulfide) groups is 1. The molecule has 1 aliphatic rings. The van der Waals surface area contributed by atoms with Gasteiger partial charge >= 0.3 is 0 Å². The molecule has 0 aromatic carbocycles. The number of hydrogen-bond acceptors (Lipinski definition) is 6. The lowest BCUT2D eigenvalue weighted by molar-refractivity contribution is 0.569. The number of nitrogens with zero attached hydrogens (tertiary/aromatic N) is 5. The molecule has 0 radical (unpaired) electrons. The molecule has 23 heavy (non-hydrogen) atoms. The van der Waals surface area contributed by atoms with Gasteiger partial charge in [0, 0.05) is 45.0 Å². The first kappa shape index (κ1) is 16.3. The summed E-state index contributed by atoms with van der Waals surface area (Å²) in [5.74, 6) is 0.861. The highest BCUT2D eigenvalue weighted by atomic mass is 32.2. The van der Waals surface area contributed by atoms with Crippen LogP contribution in [0.3, 0.4) is 0 Å². The molecule has 0 atom stereocenters. The van der Waals surface area contributed by atoms with Crippen LogP contribution in [-0.4, -0.2) is 50.5 Å². The van der Waals surface area contributed by atoms with Crippen molar-refractivity contribution in [2.24, 2.45) is 7.05 Å². The summed E-state index contributed by atoms with van der Waals surface area (Å²) >= 11 is 1.59. The van der Waals surface area contributed by atoms with Crippen LogP contribution in [0.1, 0.15) is 20.8 Å². The van der Waals surface area contributed by atoms with Crippen LogP contribution in [0.2, 0.25) is 0 Å². The van der Waals surface area contributed by atoms with Crippen molar-refractivity contribution in [3.8, 4) is 0 Å². The predicted octanol–water partition coefficient (Wildman–Crippen LogP) is 1.06. The van der Waals surface area contributed by atoms with E-state index in [4.69, 9.17) is 4.98 Å². The normalized spacial score (nSPS) is 15.8. The second kappa shape index (κ2) is 6.52. The van der Waals surface area contributed by atoms with Gasteiger partial charge in [0.05, 0.1) is 0 Å². The van der Waals surface area contributed by atoms with Crippen molar-refractivity contribution in [2.75, 3.05) is 31.1 Å². The fraction of sp³-hybridized carbons (Fsp3) is 0.667. The van der Waals surface area contributed by atoms with Crippen molar-refractivity contribution >= 4 is 28.9 Å². The minimum atomic E-state index is -0.0196. The highest BCUT2D eigenvalue weighted by molar-refractivity contribution is 7.99. The lowest BCUT2D eigenvalue weighted by Crippen LogP contribution is -2.44. The van der Waals surface area contributed by atoms with E-state index in [1.54, 1.807) is 23.4 Å². The van der Waals surface area contributed by atoms with Crippen LogP contribution in [0.25, 0.3) is 11.2 Å². The van der Waals surface area contributed by atoms with Gasteiger partial charge in [0.2, 0.25) is 5.95 Å². The fourth-order valence-corrected chi connectivity index (χ4v) is 3.65. The molecule has 0 unspecified atom stereocenters. The van der Waals surface area contributed by atoms with Gasteiger partial charge in [-0.05, 0) is 6.92 Å². The molecule has 0 saturated carbocycles. The second-order valence-electron chi connectivity index (χ2n) is 5.99. The average Bonchev–Trinajstić information content (AvgIpc) is 2.91. The van der Waals surface area contributed by atoms with E-state index >= 15 is 0 Å². The number of imidazole rings is 1. The van der Waals surface area contributed by atoms with Crippen molar-refractivity contribution in [1.29, 1.82) is 0 Å². The van der Waals surface area contributed by atoms with Gasteiger partial charge < -0.3 is 14.8 Å². The van der Waals surface area contributed by atoms with Gasteiger partial charge in [0.15, 0.2) is 16.3 Å². The molecule has 1 N–H and O–H groups in total. The Morgan fingerprint density at radius 1 is 1.26 bits per heavy atom. The Hall–Kier alpha value is -1.54. The Labute approximate surface area is 140 Å². The highest BCUT2D eigenvalue weighted by Crippen LogP contribution is 2.24. The largest absolute Gasteiger partial charge is 0.340 e. The third-order valence-corrected chi connectivity index (χ3v) is 5.03. The van der Waals surface area contributed by atoms with E-state index < -0.39 is 0 Å². The van der Waals surface area contributed by atoms with Gasteiger partial charge in [0.1, 0.15) is 0 Å². The van der Waals surface area contributed by atoms with E-state index in [-0.39, 0.29) is 5.56 Å². The monoisotopic (exact) mass is 336 g/mol. The molecule has 0 amide bonds. The molecule has 0 spiro atoms. The molecule has 7 nitrogen and oxygen atoms in total. The minimum absolute atomic E-state index is 0.0196. The first-order valence-corrected chi connectivity index (χ1v) is 9.00.